The number of rotatable bonds is 4. The van der Waals surface area contributed by atoms with Crippen molar-refractivity contribution in [1.29, 1.82) is 0 Å². The van der Waals surface area contributed by atoms with Crippen LogP contribution in [0.2, 0.25) is 5.02 Å². The van der Waals surface area contributed by atoms with Crippen molar-refractivity contribution < 1.29 is 9.90 Å². The predicted molar refractivity (Wildman–Crippen MR) is 92.9 cm³/mol. The normalized spacial score (nSPS) is 14.1. The number of halogens is 1. The van der Waals surface area contributed by atoms with Crippen molar-refractivity contribution in [2.24, 2.45) is 5.92 Å². The average molecular weight is 342 g/mol. The van der Waals surface area contributed by atoms with Crippen molar-refractivity contribution in [3.63, 3.8) is 0 Å². The molecule has 0 aliphatic heterocycles. The fourth-order valence-corrected chi connectivity index (χ4v) is 3.01. The van der Waals surface area contributed by atoms with Gasteiger partial charge in [0.15, 0.2) is 5.82 Å². The maximum atomic E-state index is 11.9. The Bertz CT molecular complexity index is 931. The fraction of sp³-hybridized carbons (Fsp3) is 0.222. The number of hydrogen-bond acceptors (Lipinski definition) is 3. The van der Waals surface area contributed by atoms with Crippen molar-refractivity contribution >= 4 is 29.0 Å². The van der Waals surface area contributed by atoms with Gasteiger partial charge in [-0.1, -0.05) is 23.7 Å². The van der Waals surface area contributed by atoms with Gasteiger partial charge in [0.2, 0.25) is 5.91 Å². The molecule has 0 spiro atoms. The third kappa shape index (κ3) is 2.77. The van der Waals surface area contributed by atoms with Gasteiger partial charge in [0.25, 0.3) is 0 Å². The lowest BCUT2D eigenvalue weighted by molar-refractivity contribution is -0.117. The summed E-state index contributed by atoms with van der Waals surface area (Å²) in [5, 5.41) is 13.0. The molecule has 3 aromatic rings. The van der Waals surface area contributed by atoms with E-state index in [1.807, 2.05) is 34.9 Å². The number of fused-ring (bicyclic) bond motifs is 1. The van der Waals surface area contributed by atoms with E-state index in [1.165, 1.54) is 0 Å². The van der Waals surface area contributed by atoms with Gasteiger partial charge >= 0.3 is 0 Å². The fourth-order valence-electron chi connectivity index (χ4n) is 2.77. The van der Waals surface area contributed by atoms with Gasteiger partial charge in [-0.3, -0.25) is 4.79 Å². The van der Waals surface area contributed by atoms with E-state index in [2.05, 4.69) is 10.3 Å². The molecule has 1 fully saturated rings. The topological polar surface area (TPSA) is 66.6 Å². The zero-order chi connectivity index (χ0) is 16.7. The molecule has 5 nitrogen and oxygen atoms in total. The van der Waals surface area contributed by atoms with E-state index in [4.69, 9.17) is 11.6 Å². The number of aliphatic hydroxyl groups is 1. The average Bonchev–Trinajstić information content (AvgIpc) is 3.35. The summed E-state index contributed by atoms with van der Waals surface area (Å²) in [6, 6.07) is 9.35. The van der Waals surface area contributed by atoms with Crippen LogP contribution in [0.25, 0.3) is 16.8 Å². The monoisotopic (exact) mass is 341 g/mol. The predicted octanol–water partition coefficient (Wildman–Crippen LogP) is 3.50. The molecule has 4 rings (SSSR count). The first-order valence-corrected chi connectivity index (χ1v) is 8.22. The number of aromatic nitrogens is 2. The third-order valence-electron chi connectivity index (χ3n) is 4.24. The van der Waals surface area contributed by atoms with Crippen molar-refractivity contribution in [3.8, 4) is 11.1 Å². The molecule has 0 bridgehead atoms. The molecule has 24 heavy (non-hydrogen) atoms. The highest BCUT2D eigenvalue weighted by atomic mass is 35.5. The quantitative estimate of drug-likeness (QED) is 0.763. The molecule has 2 N–H and O–H groups in total. The number of carbonyl (C=O) groups excluding carboxylic acids is 1. The van der Waals surface area contributed by atoms with E-state index in [0.717, 1.165) is 29.6 Å². The second-order valence-electron chi connectivity index (χ2n) is 6.00. The van der Waals surface area contributed by atoms with E-state index >= 15 is 0 Å². The molecule has 122 valence electrons. The van der Waals surface area contributed by atoms with Crippen LogP contribution < -0.4 is 5.32 Å². The highest BCUT2D eigenvalue weighted by Crippen LogP contribution is 2.31. The number of imidazole rings is 1. The van der Waals surface area contributed by atoms with Crippen LogP contribution in [0.5, 0.6) is 0 Å². The molecule has 0 saturated heterocycles. The summed E-state index contributed by atoms with van der Waals surface area (Å²) in [5.74, 6) is 0.734. The van der Waals surface area contributed by atoms with Gasteiger partial charge in [-0.25, -0.2) is 4.98 Å². The van der Waals surface area contributed by atoms with Crippen LogP contribution in [0.1, 0.15) is 18.4 Å². The van der Waals surface area contributed by atoms with Crippen LogP contribution in [0.3, 0.4) is 0 Å². The number of nitrogens with one attached hydrogen (secondary N) is 1. The summed E-state index contributed by atoms with van der Waals surface area (Å²) >= 11 is 6.17. The van der Waals surface area contributed by atoms with Crippen molar-refractivity contribution in [1.82, 2.24) is 9.38 Å². The molecule has 1 aromatic carbocycles. The van der Waals surface area contributed by atoms with E-state index < -0.39 is 0 Å². The molecule has 1 aliphatic carbocycles. The molecule has 1 amide bonds. The second-order valence-corrected chi connectivity index (χ2v) is 6.40. The SMILES string of the molecule is O=C(Nc1cn2cc(-c3cccc(Cl)c3CO)ccc2n1)C1CC1. The van der Waals surface area contributed by atoms with Gasteiger partial charge in [-0.15, -0.1) is 0 Å². The molecule has 0 atom stereocenters. The van der Waals surface area contributed by atoms with E-state index in [1.54, 1.807) is 12.3 Å². The smallest absolute Gasteiger partial charge is 0.228 e. The van der Waals surface area contributed by atoms with Crippen molar-refractivity contribution in [3.05, 3.63) is 53.3 Å². The number of aliphatic hydroxyl groups excluding tert-OH is 1. The number of nitrogens with zero attached hydrogens (tertiary/aromatic N) is 2. The number of carbonyl (C=O) groups is 1. The lowest BCUT2D eigenvalue weighted by Crippen LogP contribution is -2.13. The maximum absolute atomic E-state index is 11.9. The molecule has 1 saturated carbocycles. The second kappa shape index (κ2) is 5.92. The van der Waals surface area contributed by atoms with Gasteiger partial charge in [0, 0.05) is 22.7 Å². The summed E-state index contributed by atoms with van der Waals surface area (Å²) in [4.78, 5) is 16.3. The van der Waals surface area contributed by atoms with Crippen molar-refractivity contribution in [2.75, 3.05) is 5.32 Å². The van der Waals surface area contributed by atoms with Crippen LogP contribution in [0.4, 0.5) is 5.82 Å². The van der Waals surface area contributed by atoms with Gasteiger partial charge in [0.05, 0.1) is 12.8 Å². The summed E-state index contributed by atoms with van der Waals surface area (Å²) in [7, 11) is 0. The highest BCUT2D eigenvalue weighted by Gasteiger charge is 2.30. The lowest BCUT2D eigenvalue weighted by Gasteiger charge is -2.09. The Morgan fingerprint density at radius 1 is 1.29 bits per heavy atom. The first-order chi connectivity index (χ1) is 11.7. The van der Waals surface area contributed by atoms with Gasteiger partial charge < -0.3 is 14.8 Å². The molecular weight excluding hydrogens is 326 g/mol. The summed E-state index contributed by atoms with van der Waals surface area (Å²) in [6.07, 6.45) is 5.63. The Hall–Kier alpha value is -2.37. The van der Waals surface area contributed by atoms with Crippen LogP contribution in [0, 0.1) is 5.92 Å². The third-order valence-corrected chi connectivity index (χ3v) is 4.59. The molecule has 0 radical (unpaired) electrons. The van der Waals surface area contributed by atoms with Crippen molar-refractivity contribution in [2.45, 2.75) is 19.4 Å². The molecule has 2 heterocycles. The Kier molecular flexibility index (Phi) is 3.75. The van der Waals surface area contributed by atoms with Crippen LogP contribution in [-0.4, -0.2) is 20.4 Å². The van der Waals surface area contributed by atoms with Gasteiger partial charge in [-0.2, -0.15) is 0 Å². The molecule has 2 aromatic heterocycles. The highest BCUT2D eigenvalue weighted by molar-refractivity contribution is 6.31. The molecule has 1 aliphatic rings. The minimum Gasteiger partial charge on any atom is -0.392 e. The van der Waals surface area contributed by atoms with Gasteiger partial charge in [0.1, 0.15) is 5.65 Å². The first kappa shape index (κ1) is 15.2. The molecule has 6 heteroatoms. The Morgan fingerprint density at radius 3 is 2.88 bits per heavy atom. The standard InChI is InChI=1S/C18H16ClN3O2/c19-15-3-1-2-13(14(15)10-23)12-6-7-17-20-16(9-22(17)8-12)21-18(24)11-4-5-11/h1-3,6-9,11,23H,4-5,10H2,(H,21,24). The van der Waals surface area contributed by atoms with Crippen LogP contribution in [-0.2, 0) is 11.4 Å². The number of amides is 1. The summed E-state index contributed by atoms with van der Waals surface area (Å²) < 4.78 is 1.86. The zero-order valence-corrected chi connectivity index (χ0v) is 13.6. The lowest BCUT2D eigenvalue weighted by atomic mass is 10.0. The Labute approximate surface area is 143 Å². The van der Waals surface area contributed by atoms with E-state index in [0.29, 0.717) is 16.4 Å². The minimum absolute atomic E-state index is 0.0380. The van der Waals surface area contributed by atoms with Gasteiger partial charge in [-0.05, 0) is 42.2 Å². The maximum Gasteiger partial charge on any atom is 0.228 e. The van der Waals surface area contributed by atoms with E-state index in [-0.39, 0.29) is 18.4 Å². The summed E-state index contributed by atoms with van der Waals surface area (Å²) in [6.45, 7) is -0.125. The number of benzene rings is 1. The largest absolute Gasteiger partial charge is 0.392 e. The number of anilines is 1. The van der Waals surface area contributed by atoms with Crippen LogP contribution >= 0.6 is 11.6 Å². The molecule has 0 unspecified atom stereocenters. The minimum atomic E-state index is -0.125. The number of pyridine rings is 1. The Balaban J connectivity index is 1.70. The molecular formula is C18H16ClN3O2. The number of hydrogen-bond donors (Lipinski definition) is 2. The van der Waals surface area contributed by atoms with E-state index in [9.17, 15) is 9.90 Å². The summed E-state index contributed by atoms with van der Waals surface area (Å²) in [5.41, 5.74) is 3.24. The zero-order valence-electron chi connectivity index (χ0n) is 12.9. The first-order valence-electron chi connectivity index (χ1n) is 7.84. The Morgan fingerprint density at radius 2 is 2.12 bits per heavy atom. The van der Waals surface area contributed by atoms with Crippen LogP contribution in [0.15, 0.2) is 42.7 Å².